The topological polar surface area (TPSA) is 72.6 Å². The lowest BCUT2D eigenvalue weighted by Crippen LogP contribution is -2.30. The first-order valence-electron chi connectivity index (χ1n) is 11.1. The number of carbonyl (C=O) groups excluding carboxylic acids is 1. The Morgan fingerprint density at radius 1 is 0.914 bits per heavy atom. The van der Waals surface area contributed by atoms with E-state index in [1.165, 1.54) is 12.1 Å². The fraction of sp³-hybridized carbons (Fsp3) is 0.111. The van der Waals surface area contributed by atoms with Crippen molar-refractivity contribution in [2.75, 3.05) is 0 Å². The number of nitrogens with zero attached hydrogens (tertiary/aromatic N) is 5. The molecule has 3 heterocycles. The maximum atomic E-state index is 13.5. The average molecular weight is 468 g/mol. The Morgan fingerprint density at radius 2 is 1.77 bits per heavy atom. The lowest BCUT2D eigenvalue weighted by Gasteiger charge is -2.22. The third-order valence-corrected chi connectivity index (χ3v) is 5.47. The molecule has 0 saturated heterocycles. The summed E-state index contributed by atoms with van der Waals surface area (Å²) in [5, 5.41) is 4.25. The summed E-state index contributed by atoms with van der Waals surface area (Å²) in [5.74, 6) is 0.184. The van der Waals surface area contributed by atoms with Crippen LogP contribution >= 0.6 is 0 Å². The van der Waals surface area contributed by atoms with Crippen molar-refractivity contribution in [2.45, 2.75) is 19.7 Å². The largest absolute Gasteiger partial charge is 0.489 e. The summed E-state index contributed by atoms with van der Waals surface area (Å²) in [6.07, 6.45) is 6.64. The molecule has 0 aliphatic carbocycles. The highest BCUT2D eigenvalue weighted by molar-refractivity contribution is 5.99. The van der Waals surface area contributed by atoms with E-state index in [9.17, 15) is 9.18 Å². The van der Waals surface area contributed by atoms with E-state index in [4.69, 9.17) is 4.74 Å². The number of ether oxygens (including phenoxy) is 1. The van der Waals surface area contributed by atoms with E-state index in [0.29, 0.717) is 30.0 Å². The summed E-state index contributed by atoms with van der Waals surface area (Å²) < 4.78 is 20.7. The maximum Gasteiger partial charge on any atom is 0.259 e. The third kappa shape index (κ3) is 5.33. The molecule has 174 valence electrons. The van der Waals surface area contributed by atoms with Gasteiger partial charge in [-0.05, 0) is 53.6 Å². The van der Waals surface area contributed by atoms with Crippen LogP contribution in [-0.2, 0) is 19.7 Å². The fourth-order valence-corrected chi connectivity index (χ4v) is 3.74. The molecule has 0 N–H and O–H groups in total. The van der Waals surface area contributed by atoms with Crippen LogP contribution in [0.25, 0.3) is 5.65 Å². The van der Waals surface area contributed by atoms with E-state index < -0.39 is 0 Å². The highest BCUT2D eigenvalue weighted by Gasteiger charge is 2.21. The van der Waals surface area contributed by atoms with Gasteiger partial charge in [-0.25, -0.2) is 13.9 Å². The minimum Gasteiger partial charge on any atom is -0.489 e. The molecule has 0 radical (unpaired) electrons. The van der Waals surface area contributed by atoms with E-state index in [1.807, 2.05) is 48.5 Å². The Hall–Kier alpha value is -4.59. The van der Waals surface area contributed by atoms with Crippen molar-refractivity contribution < 1.29 is 13.9 Å². The van der Waals surface area contributed by atoms with Crippen LogP contribution in [0.2, 0.25) is 0 Å². The van der Waals surface area contributed by atoms with E-state index in [-0.39, 0.29) is 18.3 Å². The van der Waals surface area contributed by atoms with Gasteiger partial charge in [0.1, 0.15) is 23.7 Å². The number of hydrogen-bond donors (Lipinski definition) is 0. The molecule has 2 aromatic carbocycles. The number of fused-ring (bicyclic) bond motifs is 1. The molecule has 0 fully saturated rings. The summed E-state index contributed by atoms with van der Waals surface area (Å²) in [6.45, 7) is 0.967. The van der Waals surface area contributed by atoms with E-state index >= 15 is 0 Å². The van der Waals surface area contributed by atoms with E-state index in [0.717, 1.165) is 16.8 Å². The number of aromatic nitrogens is 4. The molecule has 0 spiro atoms. The first-order valence-corrected chi connectivity index (χ1v) is 11.1. The first-order chi connectivity index (χ1) is 17.2. The molecule has 0 bridgehead atoms. The summed E-state index contributed by atoms with van der Waals surface area (Å²) in [7, 11) is 0. The monoisotopic (exact) mass is 467 g/mol. The highest BCUT2D eigenvalue weighted by atomic mass is 19.1. The van der Waals surface area contributed by atoms with Gasteiger partial charge in [0.05, 0.1) is 18.4 Å². The SMILES string of the molecule is O=C(c1cnn2cccnc12)N(Cc1ccc(OCc2cccc(F)c2)cc1)Cc1ccccn1. The number of halogens is 1. The number of hydrogen-bond acceptors (Lipinski definition) is 5. The predicted octanol–water partition coefficient (Wildman–Crippen LogP) is 4.69. The molecular weight excluding hydrogens is 445 g/mol. The van der Waals surface area contributed by atoms with Crippen molar-refractivity contribution in [1.82, 2.24) is 24.5 Å². The summed E-state index contributed by atoms with van der Waals surface area (Å²) in [4.78, 5) is 24.0. The van der Waals surface area contributed by atoms with Gasteiger partial charge in [0.15, 0.2) is 5.65 Å². The Kier molecular flexibility index (Phi) is 6.43. The van der Waals surface area contributed by atoms with Crippen LogP contribution < -0.4 is 4.74 Å². The second kappa shape index (κ2) is 10.1. The van der Waals surface area contributed by atoms with Crippen LogP contribution in [-0.4, -0.2) is 30.4 Å². The summed E-state index contributed by atoms with van der Waals surface area (Å²) in [6, 6.07) is 21.2. The second-order valence-electron chi connectivity index (χ2n) is 7.99. The minimum atomic E-state index is -0.291. The molecule has 0 unspecified atom stereocenters. The lowest BCUT2D eigenvalue weighted by atomic mass is 10.1. The van der Waals surface area contributed by atoms with Crippen LogP contribution in [0, 0.1) is 5.82 Å². The van der Waals surface area contributed by atoms with Gasteiger partial charge in [0, 0.05) is 25.1 Å². The number of rotatable bonds is 8. The zero-order valence-corrected chi connectivity index (χ0v) is 18.8. The van der Waals surface area contributed by atoms with Crippen molar-refractivity contribution in [1.29, 1.82) is 0 Å². The minimum absolute atomic E-state index is 0.184. The Morgan fingerprint density at radius 3 is 2.57 bits per heavy atom. The Balaban J connectivity index is 1.33. The van der Waals surface area contributed by atoms with Crippen LogP contribution in [0.3, 0.4) is 0 Å². The molecule has 35 heavy (non-hydrogen) atoms. The van der Waals surface area contributed by atoms with Crippen molar-refractivity contribution in [3.05, 3.63) is 126 Å². The molecule has 0 aliphatic heterocycles. The van der Waals surface area contributed by atoms with Crippen LogP contribution in [0.15, 0.2) is 97.6 Å². The number of amides is 1. The van der Waals surface area contributed by atoms with Gasteiger partial charge in [-0.1, -0.05) is 30.3 Å². The van der Waals surface area contributed by atoms with Crippen molar-refractivity contribution in [2.24, 2.45) is 0 Å². The van der Waals surface area contributed by atoms with Gasteiger partial charge in [-0.15, -0.1) is 0 Å². The van der Waals surface area contributed by atoms with Crippen LogP contribution in [0.1, 0.15) is 27.2 Å². The molecule has 0 saturated carbocycles. The molecular formula is C27H22FN5O2. The maximum absolute atomic E-state index is 13.5. The highest BCUT2D eigenvalue weighted by Crippen LogP contribution is 2.19. The average Bonchev–Trinajstić information content (AvgIpc) is 3.32. The van der Waals surface area contributed by atoms with Crippen LogP contribution in [0.4, 0.5) is 4.39 Å². The lowest BCUT2D eigenvalue weighted by molar-refractivity contribution is 0.0729. The number of carbonyl (C=O) groups is 1. The Bertz CT molecular complexity index is 1440. The molecule has 1 amide bonds. The van der Waals surface area contributed by atoms with Gasteiger partial charge in [-0.3, -0.25) is 9.78 Å². The normalized spacial score (nSPS) is 10.9. The quantitative estimate of drug-likeness (QED) is 0.331. The van der Waals surface area contributed by atoms with Crippen molar-refractivity contribution >= 4 is 11.6 Å². The van der Waals surface area contributed by atoms with Gasteiger partial charge < -0.3 is 9.64 Å². The van der Waals surface area contributed by atoms with Crippen molar-refractivity contribution in [3.8, 4) is 5.75 Å². The zero-order valence-electron chi connectivity index (χ0n) is 18.8. The van der Waals surface area contributed by atoms with E-state index in [1.54, 1.807) is 46.3 Å². The third-order valence-electron chi connectivity index (χ3n) is 5.47. The molecule has 3 aromatic heterocycles. The molecule has 0 aliphatic rings. The molecule has 0 atom stereocenters. The molecule has 7 nitrogen and oxygen atoms in total. The first kappa shape index (κ1) is 22.2. The van der Waals surface area contributed by atoms with E-state index in [2.05, 4.69) is 15.1 Å². The van der Waals surface area contributed by atoms with Gasteiger partial charge >= 0.3 is 0 Å². The fourth-order valence-electron chi connectivity index (χ4n) is 3.74. The standard InChI is InChI=1S/C27H22FN5O2/c28-22-6-3-5-21(15-22)19-35-24-10-8-20(9-11-24)17-32(18-23-7-1-2-12-29-23)27(34)25-16-31-33-14-4-13-30-26(25)33/h1-16H,17-19H2. The summed E-state index contributed by atoms with van der Waals surface area (Å²) in [5.41, 5.74) is 3.39. The zero-order chi connectivity index (χ0) is 24.0. The van der Waals surface area contributed by atoms with Crippen molar-refractivity contribution in [3.63, 3.8) is 0 Å². The van der Waals surface area contributed by atoms with Crippen LogP contribution in [0.5, 0.6) is 5.75 Å². The summed E-state index contributed by atoms with van der Waals surface area (Å²) >= 11 is 0. The Labute approximate surface area is 201 Å². The predicted molar refractivity (Wildman–Crippen MR) is 128 cm³/mol. The van der Waals surface area contributed by atoms with Gasteiger partial charge in [0.25, 0.3) is 5.91 Å². The smallest absolute Gasteiger partial charge is 0.259 e. The molecule has 8 heteroatoms. The van der Waals surface area contributed by atoms with Gasteiger partial charge in [0.2, 0.25) is 0 Å². The number of benzene rings is 2. The molecule has 5 rings (SSSR count). The molecule has 5 aromatic rings. The second-order valence-corrected chi connectivity index (χ2v) is 7.99. The number of pyridine rings is 1. The van der Waals surface area contributed by atoms with Gasteiger partial charge in [-0.2, -0.15) is 5.10 Å².